The van der Waals surface area contributed by atoms with Gasteiger partial charge in [0, 0.05) is 6.07 Å². The Morgan fingerprint density at radius 3 is 2.75 bits per heavy atom. The molecule has 1 heterocycles. The summed E-state index contributed by atoms with van der Waals surface area (Å²) in [6.45, 7) is 2.14. The molecule has 0 amide bonds. The van der Waals surface area contributed by atoms with Gasteiger partial charge in [0.05, 0.1) is 4.88 Å². The van der Waals surface area contributed by atoms with Crippen molar-refractivity contribution in [3.05, 3.63) is 10.9 Å². The van der Waals surface area contributed by atoms with E-state index >= 15 is 0 Å². The molecule has 8 heavy (non-hydrogen) atoms. The molecule has 0 saturated heterocycles. The predicted molar refractivity (Wildman–Crippen MR) is 43.1 cm³/mol. The van der Waals surface area contributed by atoms with Gasteiger partial charge in [-0.2, -0.15) is 0 Å². The van der Waals surface area contributed by atoms with Gasteiger partial charge in [-0.15, -0.1) is 0 Å². The van der Waals surface area contributed by atoms with Gasteiger partial charge in [0.25, 0.3) is 4.21 Å². The van der Waals surface area contributed by atoms with Gasteiger partial charge < -0.3 is 0 Å². The second-order valence-corrected chi connectivity index (χ2v) is 4.97. The maximum absolute atomic E-state index is 2.22. The highest BCUT2D eigenvalue weighted by Gasteiger charge is 2.07. The molecule has 0 atom stereocenters. The Hall–Kier alpha value is 0.400. The van der Waals surface area contributed by atoms with Gasteiger partial charge in [-0.1, -0.05) is 11.8 Å². The van der Waals surface area contributed by atoms with Crippen LogP contribution in [0.2, 0.25) is 0 Å². The number of hydrogen-bond donors (Lipinski definition) is 0. The van der Waals surface area contributed by atoms with Gasteiger partial charge in [0.15, 0.2) is 10.3 Å². The Balaban J connectivity index is 2.84. The van der Waals surface area contributed by atoms with E-state index in [0.717, 1.165) is 0 Å². The minimum absolute atomic E-state index is 1.42. The zero-order valence-electron chi connectivity index (χ0n) is 4.80. The Morgan fingerprint density at radius 1 is 1.75 bits per heavy atom. The van der Waals surface area contributed by atoms with E-state index in [1.54, 1.807) is 0 Å². The highest BCUT2D eigenvalue weighted by molar-refractivity contribution is 8.02. The second kappa shape index (κ2) is 2.80. The molecule has 0 radical (unpaired) electrons. The van der Waals surface area contributed by atoms with Gasteiger partial charge in [-0.25, -0.2) is 0 Å². The van der Waals surface area contributed by atoms with Crippen LogP contribution in [0.25, 0.3) is 0 Å². The molecule has 3 heteroatoms. The average Bonchev–Trinajstić information content (AvgIpc) is 2.14. The van der Waals surface area contributed by atoms with E-state index in [4.69, 9.17) is 0 Å². The molecule has 0 fully saturated rings. The molecule has 44 valence electrons. The van der Waals surface area contributed by atoms with E-state index in [1.807, 2.05) is 32.4 Å². The first-order valence-electron chi connectivity index (χ1n) is 2.26. The molecular weight excluding hydrogens is 156 g/mol. The van der Waals surface area contributed by atoms with Crippen LogP contribution in [0.5, 0.6) is 0 Å². The number of rotatable bonds is 1. The normalized spacial score (nSPS) is 9.75. The number of aryl methyl sites for hydroxylation is 1. The minimum atomic E-state index is 1.42. The van der Waals surface area contributed by atoms with E-state index in [9.17, 15) is 0 Å². The summed E-state index contributed by atoms with van der Waals surface area (Å²) in [5, 5.41) is 0. The molecule has 0 spiro atoms. The lowest BCUT2D eigenvalue weighted by Crippen LogP contribution is -1.52. The highest BCUT2D eigenvalue weighted by atomic mass is 32.9. The Kier molecular flexibility index (Phi) is 2.28. The van der Waals surface area contributed by atoms with Crippen LogP contribution in [-0.4, -0.2) is 6.26 Å². The first-order chi connectivity index (χ1) is 3.83. The topological polar surface area (TPSA) is 0 Å². The average molecular weight is 163 g/mol. The fourth-order valence-electron chi connectivity index (χ4n) is 0.414. The summed E-state index contributed by atoms with van der Waals surface area (Å²) >= 11 is 1.82. The van der Waals surface area contributed by atoms with Crippen LogP contribution in [0.3, 0.4) is 0 Å². The number of thioether (sulfide) groups is 1. The summed E-state index contributed by atoms with van der Waals surface area (Å²) < 4.78 is 1.42. The third-order valence-corrected chi connectivity index (χ3v) is 4.69. The Morgan fingerprint density at radius 2 is 2.50 bits per heavy atom. The molecule has 0 unspecified atom stereocenters. The minimum Gasteiger partial charge on any atom is -0.0666 e. The molecule has 1 aromatic heterocycles. The van der Waals surface area contributed by atoms with Crippen LogP contribution in [0.4, 0.5) is 0 Å². The quantitative estimate of drug-likeness (QED) is 0.348. The van der Waals surface area contributed by atoms with Crippen LogP contribution in [0, 0.1) is 6.92 Å². The summed E-state index contributed by atoms with van der Waals surface area (Å²) in [5.74, 6) is 0. The standard InChI is InChI=1S/C5H7S3/c1-4-3-5(6-2)8-7-4/h3H,1-2H3/q+1. The Bertz CT molecular complexity index is 168. The van der Waals surface area contributed by atoms with E-state index in [1.165, 1.54) is 9.09 Å². The third kappa shape index (κ3) is 1.44. The van der Waals surface area contributed by atoms with Crippen molar-refractivity contribution >= 4 is 32.4 Å². The zero-order chi connectivity index (χ0) is 5.98. The van der Waals surface area contributed by atoms with E-state index in [0.29, 0.717) is 0 Å². The lowest BCUT2D eigenvalue weighted by molar-refractivity contribution is 1.57. The smallest absolute Gasteiger partial charge is 0.0666 e. The molecular formula is C5H7S3+. The third-order valence-electron chi connectivity index (χ3n) is 0.778. The van der Waals surface area contributed by atoms with Gasteiger partial charge in [-0.3, -0.25) is 0 Å². The number of hydrogen-bond acceptors (Lipinski definition) is 2. The first-order valence-corrected chi connectivity index (χ1v) is 5.64. The fourth-order valence-corrected chi connectivity index (χ4v) is 3.58. The van der Waals surface area contributed by atoms with Crippen LogP contribution < -0.4 is 0 Å². The molecule has 0 saturated carbocycles. The van der Waals surface area contributed by atoms with Crippen molar-refractivity contribution in [1.29, 1.82) is 0 Å². The summed E-state index contributed by atoms with van der Waals surface area (Å²) in [4.78, 5) is 1.42. The second-order valence-electron chi connectivity index (χ2n) is 1.44. The fraction of sp³-hybridized carbons (Fsp3) is 0.400. The van der Waals surface area contributed by atoms with Gasteiger partial charge in [-0.05, 0) is 13.2 Å². The summed E-state index contributed by atoms with van der Waals surface area (Å²) in [6, 6.07) is 2.22. The van der Waals surface area contributed by atoms with Crippen molar-refractivity contribution < 1.29 is 0 Å². The van der Waals surface area contributed by atoms with Crippen LogP contribution in [0.15, 0.2) is 10.3 Å². The predicted octanol–water partition coefficient (Wildman–Crippen LogP) is 3.12. The Labute approximate surface area is 61.0 Å². The molecule has 0 bridgehead atoms. The van der Waals surface area contributed by atoms with Crippen molar-refractivity contribution in [2.75, 3.05) is 6.26 Å². The van der Waals surface area contributed by atoms with E-state index in [2.05, 4.69) is 19.2 Å². The molecule has 1 aromatic rings. The summed E-state index contributed by atoms with van der Waals surface area (Å²) in [7, 11) is 3.70. The van der Waals surface area contributed by atoms with E-state index < -0.39 is 0 Å². The van der Waals surface area contributed by atoms with Crippen molar-refractivity contribution in [1.82, 2.24) is 0 Å². The lowest BCUT2D eigenvalue weighted by atomic mass is 10.6. The maximum Gasteiger partial charge on any atom is 0.307 e. The zero-order valence-corrected chi connectivity index (χ0v) is 7.25. The molecule has 0 nitrogen and oxygen atoms in total. The summed E-state index contributed by atoms with van der Waals surface area (Å²) in [5.41, 5.74) is 0. The molecule has 0 aromatic carbocycles. The van der Waals surface area contributed by atoms with Crippen molar-refractivity contribution in [2.45, 2.75) is 11.1 Å². The van der Waals surface area contributed by atoms with E-state index in [-0.39, 0.29) is 0 Å². The van der Waals surface area contributed by atoms with Crippen LogP contribution >= 0.6 is 32.4 Å². The van der Waals surface area contributed by atoms with Gasteiger partial charge >= 0.3 is 10.3 Å². The SMILES string of the molecule is CSc1cc(C)s[s+]1. The van der Waals surface area contributed by atoms with Crippen molar-refractivity contribution in [3.8, 4) is 0 Å². The lowest BCUT2D eigenvalue weighted by Gasteiger charge is -1.67. The summed E-state index contributed by atoms with van der Waals surface area (Å²) in [6.07, 6.45) is 2.11. The molecule has 0 aliphatic carbocycles. The van der Waals surface area contributed by atoms with Crippen molar-refractivity contribution in [3.63, 3.8) is 0 Å². The van der Waals surface area contributed by atoms with Gasteiger partial charge in [0.2, 0.25) is 0 Å². The highest BCUT2D eigenvalue weighted by Crippen LogP contribution is 2.28. The van der Waals surface area contributed by atoms with Crippen molar-refractivity contribution in [2.24, 2.45) is 0 Å². The monoisotopic (exact) mass is 163 g/mol. The molecule has 1 rings (SSSR count). The molecule has 0 N–H and O–H groups in total. The maximum atomic E-state index is 2.22. The largest absolute Gasteiger partial charge is 0.307 e. The molecule has 0 aliphatic rings. The van der Waals surface area contributed by atoms with Crippen LogP contribution in [0.1, 0.15) is 4.88 Å². The van der Waals surface area contributed by atoms with Crippen LogP contribution in [-0.2, 0) is 0 Å². The molecule has 0 aliphatic heterocycles. The first kappa shape index (κ1) is 6.52. The van der Waals surface area contributed by atoms with Gasteiger partial charge in [0.1, 0.15) is 0 Å².